The molecule has 1 fully saturated rings. The molecule has 2 rings (SSSR count). The summed E-state index contributed by atoms with van der Waals surface area (Å²) in [6.45, 7) is 1.93. The third kappa shape index (κ3) is 3.48. The first-order valence-electron chi connectivity index (χ1n) is 7.93. The molecule has 5 nitrogen and oxygen atoms in total. The Morgan fingerprint density at radius 2 is 2.40 bits per heavy atom. The van der Waals surface area contributed by atoms with Crippen molar-refractivity contribution in [1.29, 1.82) is 2.86 Å². The Hall–Kier alpha value is -1.17. The lowest BCUT2D eigenvalue weighted by Gasteiger charge is -2.12. The maximum Gasteiger partial charge on any atom is 0.331 e. The summed E-state index contributed by atoms with van der Waals surface area (Å²) >= 11 is 0. The highest BCUT2D eigenvalue weighted by atomic mass is 16.5. The minimum absolute atomic E-state index is 0.170. The van der Waals surface area contributed by atoms with E-state index in [4.69, 9.17) is 7.60 Å². The van der Waals surface area contributed by atoms with E-state index < -0.39 is 12.2 Å². The van der Waals surface area contributed by atoms with E-state index in [1.54, 1.807) is 12.2 Å². The second kappa shape index (κ2) is 6.52. The Kier molecular flexibility index (Phi) is 4.10. The summed E-state index contributed by atoms with van der Waals surface area (Å²) in [5, 5.41) is 19.3. The van der Waals surface area contributed by atoms with E-state index in [1.807, 2.05) is 6.92 Å². The Labute approximate surface area is 121 Å². The third-order valence-electron chi connectivity index (χ3n) is 3.93. The minimum Gasteiger partial charge on any atom is -0.455 e. The van der Waals surface area contributed by atoms with E-state index in [2.05, 4.69) is 10.2 Å². The molecule has 5 heteroatoms. The Morgan fingerprint density at radius 1 is 1.55 bits per heavy atom. The fraction of sp³-hybridized carbons (Fsp3) is 0.667. The average molecular weight is 286 g/mol. The van der Waals surface area contributed by atoms with Crippen LogP contribution in [0.5, 0.6) is 0 Å². The van der Waals surface area contributed by atoms with Crippen LogP contribution in [0.1, 0.15) is 32.6 Å². The molecule has 2 aliphatic rings. The van der Waals surface area contributed by atoms with Crippen molar-refractivity contribution in [2.45, 2.75) is 57.0 Å². The van der Waals surface area contributed by atoms with Crippen molar-refractivity contribution in [3.8, 4) is 0 Å². The van der Waals surface area contributed by atoms with Crippen molar-refractivity contribution in [2.75, 3.05) is 0 Å². The smallest absolute Gasteiger partial charge is 0.331 e. The monoisotopic (exact) mass is 286 g/mol. The van der Waals surface area contributed by atoms with Crippen molar-refractivity contribution in [3.05, 3.63) is 23.8 Å². The number of esters is 1. The van der Waals surface area contributed by atoms with Crippen LogP contribution in [0.4, 0.5) is 0 Å². The molecular weight excluding hydrogens is 260 g/mol. The zero-order valence-corrected chi connectivity index (χ0v) is 11.5. The summed E-state index contributed by atoms with van der Waals surface area (Å²) in [5.41, 5.74) is 0.790. The molecule has 0 aromatic carbocycles. The van der Waals surface area contributed by atoms with Gasteiger partial charge in [0.15, 0.2) is 0 Å². The van der Waals surface area contributed by atoms with Crippen LogP contribution in [0.25, 0.3) is 0 Å². The van der Waals surface area contributed by atoms with Gasteiger partial charge in [0.1, 0.15) is 6.10 Å². The third-order valence-corrected chi connectivity index (χ3v) is 3.93. The van der Waals surface area contributed by atoms with Crippen molar-refractivity contribution in [1.82, 2.24) is 0 Å². The summed E-state index contributed by atoms with van der Waals surface area (Å²) in [4.78, 5) is 11.3. The number of hydrogen-bond acceptors (Lipinski definition) is 5. The lowest BCUT2D eigenvalue weighted by molar-refractivity contribution is -0.139. The zero-order chi connectivity index (χ0) is 16.1. The quantitative estimate of drug-likeness (QED) is 0.451. The fourth-order valence-corrected chi connectivity index (χ4v) is 2.69. The van der Waals surface area contributed by atoms with Gasteiger partial charge in [-0.2, -0.15) is 0 Å². The average Bonchev–Trinajstić information content (AvgIpc) is 2.98. The van der Waals surface area contributed by atoms with Crippen LogP contribution in [-0.2, 0) is 9.53 Å². The molecule has 5 atom stereocenters. The van der Waals surface area contributed by atoms with Gasteiger partial charge < -0.3 is 20.1 Å². The van der Waals surface area contributed by atoms with Gasteiger partial charge in [-0.05, 0) is 24.8 Å². The first-order chi connectivity index (χ1) is 10.6. The van der Waals surface area contributed by atoms with Gasteiger partial charge in [-0.25, -0.2) is 4.79 Å². The second-order valence-corrected chi connectivity index (χ2v) is 5.43. The molecule has 112 valence electrons. The van der Waals surface area contributed by atoms with Crippen molar-refractivity contribution in [2.24, 2.45) is 5.92 Å². The molecule has 0 spiro atoms. The number of aliphatic hydroxyl groups excluding tert-OH is 3. The largest absolute Gasteiger partial charge is 0.455 e. The van der Waals surface area contributed by atoms with Crippen molar-refractivity contribution >= 4 is 5.97 Å². The predicted octanol–water partition coefficient (Wildman–Crippen LogP) is 0.687. The highest BCUT2D eigenvalue weighted by Gasteiger charge is 2.42. The second-order valence-electron chi connectivity index (χ2n) is 5.43. The van der Waals surface area contributed by atoms with E-state index in [1.165, 1.54) is 6.08 Å². The van der Waals surface area contributed by atoms with Crippen LogP contribution >= 0.6 is 0 Å². The molecule has 0 aromatic rings. The number of ether oxygens (including phenoxy) is 1. The molecule has 1 heterocycles. The van der Waals surface area contributed by atoms with Gasteiger partial charge >= 0.3 is 5.97 Å². The maximum absolute atomic E-state index is 11.3. The molecule has 0 bridgehead atoms. The molecule has 0 amide bonds. The number of carbonyl (C=O) groups is 1. The van der Waals surface area contributed by atoms with Gasteiger partial charge in [0.25, 0.3) is 0 Å². The van der Waals surface area contributed by atoms with Gasteiger partial charge in [0.05, 0.1) is 18.3 Å². The molecular formula is C15H22O5. The van der Waals surface area contributed by atoms with Gasteiger partial charge in [-0.15, -0.1) is 0 Å². The molecule has 20 heavy (non-hydrogen) atoms. The molecule has 1 saturated carbocycles. The van der Waals surface area contributed by atoms with Crippen LogP contribution in [0.2, 0.25) is 0 Å². The SMILES string of the molecule is [3H]OC(C=C[C@H]1C2=CC(=O)O[C@H]2C[C@H]1O)CCC(CC)O[3H]. The van der Waals surface area contributed by atoms with E-state index in [9.17, 15) is 9.90 Å². The van der Waals surface area contributed by atoms with Gasteiger partial charge in [0, 0.05) is 18.4 Å². The minimum atomic E-state index is -0.591. The first kappa shape index (κ1) is 12.6. The molecule has 3 N–H and O–H groups in total. The highest BCUT2D eigenvalue weighted by molar-refractivity contribution is 5.86. The maximum atomic E-state index is 11.3. The van der Waals surface area contributed by atoms with Crippen molar-refractivity contribution < 1.29 is 24.9 Å². The lowest BCUT2D eigenvalue weighted by Crippen LogP contribution is -2.14. The van der Waals surface area contributed by atoms with E-state index >= 15 is 0 Å². The number of aliphatic hydroxyl groups is 3. The molecule has 0 radical (unpaired) electrons. The molecule has 0 aromatic heterocycles. The van der Waals surface area contributed by atoms with E-state index in [0.717, 1.165) is 12.0 Å². The fourth-order valence-electron chi connectivity index (χ4n) is 2.69. The van der Waals surface area contributed by atoms with Crippen LogP contribution < -0.4 is 0 Å². The number of hydrogen-bond donors (Lipinski definition) is 3. The topological polar surface area (TPSA) is 87.0 Å². The molecule has 0 saturated heterocycles. The van der Waals surface area contributed by atoms with Crippen molar-refractivity contribution in [3.63, 3.8) is 0 Å². The summed E-state index contributed by atoms with van der Waals surface area (Å²) < 4.78 is 19.2. The predicted molar refractivity (Wildman–Crippen MR) is 72.8 cm³/mol. The summed E-state index contributed by atoms with van der Waals surface area (Å²) in [5.74, 6) is -0.638. The van der Waals surface area contributed by atoms with Crippen LogP contribution in [-0.4, -0.2) is 48.6 Å². The highest BCUT2D eigenvalue weighted by Crippen LogP contribution is 2.38. The summed E-state index contributed by atoms with van der Waals surface area (Å²) in [6.07, 6.45) is 5.73. The standard InChI is InChI=1S/C15H22O5/c1-2-9(16)3-4-10(17)5-6-11-12-7-15(19)20-14(12)8-13(11)18/h5-7,9-11,13-14,16-18H,2-4,8H2,1H3/t9?,10?,11-,13+,14-/m0/s1/i16T,17T. The van der Waals surface area contributed by atoms with Gasteiger partial charge in [-0.1, -0.05) is 19.1 Å². The van der Waals surface area contributed by atoms with Gasteiger partial charge in [0.2, 0.25) is 2.86 Å². The Bertz CT molecular complexity index is 447. The summed E-state index contributed by atoms with van der Waals surface area (Å²) in [6, 6.07) is 0. The van der Waals surface area contributed by atoms with E-state index in [-0.39, 0.29) is 24.1 Å². The number of rotatable bonds is 8. The Balaban J connectivity index is 1.93. The summed E-state index contributed by atoms with van der Waals surface area (Å²) in [7, 11) is 0. The van der Waals surface area contributed by atoms with Crippen LogP contribution in [0, 0.1) is 5.92 Å². The lowest BCUT2D eigenvalue weighted by atomic mass is 9.98. The molecule has 2 unspecified atom stereocenters. The number of carbonyl (C=O) groups excluding carboxylic acids is 1. The van der Waals surface area contributed by atoms with Gasteiger partial charge in [-0.3, -0.25) is 0 Å². The normalized spacial score (nSPS) is 33.4. The van der Waals surface area contributed by atoms with Crippen LogP contribution in [0.3, 0.4) is 0 Å². The first-order valence-corrected chi connectivity index (χ1v) is 7.11. The molecule has 1 aliphatic heterocycles. The van der Waals surface area contributed by atoms with Crippen LogP contribution in [0.15, 0.2) is 23.8 Å². The number of fused-ring (bicyclic) bond motifs is 1. The Morgan fingerprint density at radius 3 is 3.10 bits per heavy atom. The van der Waals surface area contributed by atoms with E-state index in [0.29, 0.717) is 19.3 Å². The zero-order valence-electron chi connectivity index (χ0n) is 13.5. The molecule has 1 aliphatic carbocycles.